The highest BCUT2D eigenvalue weighted by Crippen LogP contribution is 2.37. The van der Waals surface area contributed by atoms with E-state index in [1.807, 2.05) is 19.9 Å². The van der Waals surface area contributed by atoms with Gasteiger partial charge in [0.2, 0.25) is 0 Å². The van der Waals surface area contributed by atoms with Gasteiger partial charge in [0.15, 0.2) is 0 Å². The van der Waals surface area contributed by atoms with Gasteiger partial charge in [0.05, 0.1) is 21.3 Å². The summed E-state index contributed by atoms with van der Waals surface area (Å²) in [6, 6.07) is 3.78. The molecule has 164 valence electrons. The Morgan fingerprint density at radius 1 is 1.07 bits per heavy atom. The Balaban J connectivity index is 2.42. The number of benzene rings is 1. The van der Waals surface area contributed by atoms with Gasteiger partial charge in [-0.05, 0) is 67.1 Å². The summed E-state index contributed by atoms with van der Waals surface area (Å²) in [6.45, 7) is 9.78. The summed E-state index contributed by atoms with van der Waals surface area (Å²) in [5.74, 6) is 1.73. The molecule has 1 aromatic rings. The average Bonchev–Trinajstić information content (AvgIpc) is 2.63. The standard InChI is InChI=1S/C22H32BrCl2NO3/c1-16(2)19-14-18(27-13-10-21(23)25)15-20(24)22(19)28-11-8-6-5-7-9-12-29-26-17(3)4/h10,14-16H,5-9,11-13H2,1-4H3/b21-10-. The van der Waals surface area contributed by atoms with Crippen LogP contribution in [0.5, 0.6) is 11.5 Å². The first-order valence-electron chi connectivity index (χ1n) is 10.0. The van der Waals surface area contributed by atoms with Crippen LogP contribution in [0.15, 0.2) is 27.3 Å². The second kappa shape index (κ2) is 15.0. The lowest BCUT2D eigenvalue weighted by Crippen LogP contribution is -2.04. The fraction of sp³-hybridized carbons (Fsp3) is 0.591. The topological polar surface area (TPSA) is 40.0 Å². The molecule has 0 spiro atoms. The molecular formula is C22H32BrCl2NO3. The first-order chi connectivity index (χ1) is 13.8. The molecule has 29 heavy (non-hydrogen) atoms. The Morgan fingerprint density at radius 2 is 1.72 bits per heavy atom. The predicted molar refractivity (Wildman–Crippen MR) is 127 cm³/mol. The van der Waals surface area contributed by atoms with E-state index >= 15 is 0 Å². The van der Waals surface area contributed by atoms with E-state index in [1.54, 1.807) is 12.1 Å². The molecule has 0 amide bonds. The van der Waals surface area contributed by atoms with Crippen molar-refractivity contribution in [2.75, 3.05) is 19.8 Å². The molecule has 0 bridgehead atoms. The third-order valence-electron chi connectivity index (χ3n) is 4.03. The minimum Gasteiger partial charge on any atom is -0.492 e. The quantitative estimate of drug-likeness (QED) is 0.145. The van der Waals surface area contributed by atoms with Crippen molar-refractivity contribution in [2.45, 2.75) is 65.7 Å². The zero-order valence-electron chi connectivity index (χ0n) is 17.8. The normalized spacial score (nSPS) is 11.5. The molecule has 0 N–H and O–H groups in total. The number of oxime groups is 1. The Morgan fingerprint density at radius 3 is 2.34 bits per heavy atom. The Kier molecular flexibility index (Phi) is 13.5. The highest BCUT2D eigenvalue weighted by molar-refractivity contribution is 9.12. The molecule has 0 heterocycles. The zero-order chi connectivity index (χ0) is 21.6. The van der Waals surface area contributed by atoms with Gasteiger partial charge in [0, 0.05) is 11.6 Å². The minimum atomic E-state index is 0.274. The second-order valence-corrected chi connectivity index (χ2v) is 9.40. The van der Waals surface area contributed by atoms with Crippen molar-refractivity contribution in [3.63, 3.8) is 0 Å². The molecule has 4 nitrogen and oxygen atoms in total. The van der Waals surface area contributed by atoms with E-state index in [9.17, 15) is 0 Å². The molecule has 0 radical (unpaired) electrons. The van der Waals surface area contributed by atoms with Crippen LogP contribution >= 0.6 is 39.1 Å². The lowest BCUT2D eigenvalue weighted by molar-refractivity contribution is 0.139. The van der Waals surface area contributed by atoms with E-state index < -0.39 is 0 Å². The maximum absolute atomic E-state index is 6.47. The van der Waals surface area contributed by atoms with Crippen LogP contribution in [0.1, 0.15) is 71.3 Å². The number of halogens is 3. The summed E-state index contributed by atoms with van der Waals surface area (Å²) < 4.78 is 12.3. The van der Waals surface area contributed by atoms with Crippen molar-refractivity contribution in [2.24, 2.45) is 5.16 Å². The van der Waals surface area contributed by atoms with Crippen LogP contribution in [0.25, 0.3) is 0 Å². The Labute approximate surface area is 193 Å². The molecule has 0 aliphatic heterocycles. The van der Waals surface area contributed by atoms with Crippen LogP contribution < -0.4 is 9.47 Å². The monoisotopic (exact) mass is 507 g/mol. The largest absolute Gasteiger partial charge is 0.492 e. The van der Waals surface area contributed by atoms with Gasteiger partial charge < -0.3 is 14.3 Å². The molecule has 0 aliphatic rings. The van der Waals surface area contributed by atoms with Gasteiger partial charge in [-0.2, -0.15) is 0 Å². The van der Waals surface area contributed by atoms with Crippen LogP contribution in [0.3, 0.4) is 0 Å². The van der Waals surface area contributed by atoms with Gasteiger partial charge in [-0.25, -0.2) is 0 Å². The Bertz CT molecular complexity index is 670. The van der Waals surface area contributed by atoms with Crippen molar-refractivity contribution in [3.05, 3.63) is 32.7 Å². The summed E-state index contributed by atoms with van der Waals surface area (Å²) in [5.41, 5.74) is 1.99. The van der Waals surface area contributed by atoms with Crippen molar-refractivity contribution in [1.29, 1.82) is 0 Å². The molecule has 0 saturated carbocycles. The van der Waals surface area contributed by atoms with E-state index in [2.05, 4.69) is 34.9 Å². The van der Waals surface area contributed by atoms with E-state index in [4.69, 9.17) is 37.5 Å². The molecule has 1 aromatic carbocycles. The van der Waals surface area contributed by atoms with E-state index in [0.717, 1.165) is 49.1 Å². The molecule has 7 heteroatoms. The maximum Gasteiger partial charge on any atom is 0.141 e. The van der Waals surface area contributed by atoms with Gasteiger partial charge in [-0.3, -0.25) is 0 Å². The lowest BCUT2D eigenvalue weighted by atomic mass is 10.0. The predicted octanol–water partition coefficient (Wildman–Crippen LogP) is 8.06. The Hall–Kier alpha value is -0.910. The SMILES string of the molecule is CC(C)=NOCCCCCCCOc1c(Cl)cc(OC/C=C(\Cl)Br)cc1C(C)C. The van der Waals surface area contributed by atoms with Gasteiger partial charge in [-0.15, -0.1) is 0 Å². The first-order valence-corrected chi connectivity index (χ1v) is 11.6. The van der Waals surface area contributed by atoms with Crippen LogP contribution in [0.4, 0.5) is 0 Å². The summed E-state index contributed by atoms with van der Waals surface area (Å²) in [7, 11) is 0. The lowest BCUT2D eigenvalue weighted by Gasteiger charge is -2.17. The highest BCUT2D eigenvalue weighted by atomic mass is 79.9. The van der Waals surface area contributed by atoms with Gasteiger partial charge in [0.1, 0.15) is 24.7 Å². The third-order valence-corrected chi connectivity index (χ3v) is 4.79. The number of hydrogen-bond acceptors (Lipinski definition) is 4. The summed E-state index contributed by atoms with van der Waals surface area (Å²) in [6.07, 6.45) is 7.16. The molecule has 1 rings (SSSR count). The number of unbranched alkanes of at least 4 members (excludes halogenated alkanes) is 4. The smallest absolute Gasteiger partial charge is 0.141 e. The van der Waals surface area contributed by atoms with Crippen LogP contribution in [-0.4, -0.2) is 25.5 Å². The molecule has 0 saturated heterocycles. The number of hydrogen-bond donors (Lipinski definition) is 0. The van der Waals surface area contributed by atoms with E-state index in [0.29, 0.717) is 34.5 Å². The number of ether oxygens (including phenoxy) is 2. The fourth-order valence-corrected chi connectivity index (χ4v) is 3.07. The van der Waals surface area contributed by atoms with Crippen molar-refractivity contribution < 1.29 is 14.3 Å². The summed E-state index contributed by atoms with van der Waals surface area (Å²) in [5, 5.41) is 4.50. The molecule has 0 aromatic heterocycles. The summed E-state index contributed by atoms with van der Waals surface area (Å²) >= 11 is 15.4. The first kappa shape index (κ1) is 26.1. The number of rotatable bonds is 14. The molecule has 0 unspecified atom stereocenters. The van der Waals surface area contributed by atoms with Gasteiger partial charge in [-0.1, -0.05) is 55.0 Å². The molecule has 0 atom stereocenters. The van der Waals surface area contributed by atoms with Gasteiger partial charge >= 0.3 is 0 Å². The van der Waals surface area contributed by atoms with Gasteiger partial charge in [0.25, 0.3) is 0 Å². The molecule has 0 fully saturated rings. The minimum absolute atomic E-state index is 0.274. The van der Waals surface area contributed by atoms with Crippen molar-refractivity contribution >= 4 is 44.8 Å². The van der Waals surface area contributed by atoms with Crippen LogP contribution in [0, 0.1) is 0 Å². The van der Waals surface area contributed by atoms with Crippen molar-refractivity contribution in [1.82, 2.24) is 0 Å². The molecular weight excluding hydrogens is 477 g/mol. The van der Waals surface area contributed by atoms with Crippen LogP contribution in [0.2, 0.25) is 5.02 Å². The maximum atomic E-state index is 6.47. The molecule has 0 aliphatic carbocycles. The fourth-order valence-electron chi connectivity index (χ4n) is 2.60. The highest BCUT2D eigenvalue weighted by Gasteiger charge is 2.15. The zero-order valence-corrected chi connectivity index (χ0v) is 20.9. The second-order valence-electron chi connectivity index (χ2n) is 7.27. The van der Waals surface area contributed by atoms with Crippen LogP contribution in [-0.2, 0) is 4.84 Å². The number of nitrogens with zero attached hydrogens (tertiary/aromatic N) is 1. The van der Waals surface area contributed by atoms with E-state index in [1.165, 1.54) is 0 Å². The van der Waals surface area contributed by atoms with Crippen molar-refractivity contribution in [3.8, 4) is 11.5 Å². The summed E-state index contributed by atoms with van der Waals surface area (Å²) in [4.78, 5) is 5.20. The third kappa shape index (κ3) is 11.8. The average molecular weight is 509 g/mol. The van der Waals surface area contributed by atoms with E-state index in [-0.39, 0.29) is 5.92 Å².